The highest BCUT2D eigenvalue weighted by atomic mass is 35.5. The number of rotatable bonds is 2. The van der Waals surface area contributed by atoms with E-state index in [1.54, 1.807) is 6.07 Å². The van der Waals surface area contributed by atoms with Crippen LogP contribution >= 0.6 is 11.6 Å². The van der Waals surface area contributed by atoms with E-state index in [4.69, 9.17) is 22.1 Å². The maximum Gasteiger partial charge on any atom is 0.339 e. The van der Waals surface area contributed by atoms with Gasteiger partial charge in [0.1, 0.15) is 0 Å². The first-order valence-electron chi connectivity index (χ1n) is 6.58. The summed E-state index contributed by atoms with van der Waals surface area (Å²) in [5, 5.41) is 0.262. The molecule has 2 N–H and O–H groups in total. The predicted octanol–water partition coefficient (Wildman–Crippen LogP) is 1.39. The third kappa shape index (κ3) is 4.11. The number of esters is 1. The Hall–Kier alpha value is -1.74. The van der Waals surface area contributed by atoms with Crippen molar-refractivity contribution in [2.45, 2.75) is 0 Å². The maximum atomic E-state index is 11.6. The normalized spacial score (nSPS) is 15.1. The molecule has 1 aromatic carbocycles. The Labute approximate surface area is 129 Å². The molecule has 1 aliphatic rings. The minimum atomic E-state index is -0.503. The summed E-state index contributed by atoms with van der Waals surface area (Å²) in [4.78, 5) is 13.8. The van der Waals surface area contributed by atoms with Gasteiger partial charge in [0.05, 0.1) is 37.5 Å². The van der Waals surface area contributed by atoms with Gasteiger partial charge >= 0.3 is 5.97 Å². The van der Waals surface area contributed by atoms with Gasteiger partial charge in [0.15, 0.2) is 0 Å². The Bertz CT molecular complexity index is 587. The van der Waals surface area contributed by atoms with Gasteiger partial charge in [-0.1, -0.05) is 23.4 Å². The van der Waals surface area contributed by atoms with Crippen molar-refractivity contribution >= 4 is 23.3 Å². The van der Waals surface area contributed by atoms with Crippen molar-refractivity contribution in [2.75, 3.05) is 45.7 Å². The molecule has 1 aromatic rings. The van der Waals surface area contributed by atoms with E-state index in [1.165, 1.54) is 13.2 Å². The van der Waals surface area contributed by atoms with Gasteiger partial charge in [0.25, 0.3) is 0 Å². The van der Waals surface area contributed by atoms with E-state index < -0.39 is 5.97 Å². The van der Waals surface area contributed by atoms with E-state index in [1.807, 2.05) is 0 Å². The number of ether oxygens (including phenoxy) is 2. The Morgan fingerprint density at radius 1 is 1.48 bits per heavy atom. The van der Waals surface area contributed by atoms with Gasteiger partial charge in [0, 0.05) is 24.3 Å². The second-order valence-corrected chi connectivity index (χ2v) is 5.01. The third-order valence-electron chi connectivity index (χ3n) is 3.17. The Balaban J connectivity index is 2.14. The average molecular weight is 309 g/mol. The smallest absolute Gasteiger partial charge is 0.339 e. The molecule has 0 aromatic heterocycles. The van der Waals surface area contributed by atoms with Crippen LogP contribution in [0.2, 0.25) is 5.02 Å². The van der Waals surface area contributed by atoms with Crippen molar-refractivity contribution in [3.63, 3.8) is 0 Å². The molecule has 2 rings (SSSR count). The fourth-order valence-electron chi connectivity index (χ4n) is 1.97. The van der Waals surface area contributed by atoms with Crippen LogP contribution in [-0.4, -0.2) is 50.8 Å². The van der Waals surface area contributed by atoms with Crippen molar-refractivity contribution in [2.24, 2.45) is 0 Å². The largest absolute Gasteiger partial charge is 0.465 e. The molecule has 1 heterocycles. The van der Waals surface area contributed by atoms with Crippen LogP contribution in [0.4, 0.5) is 5.69 Å². The molecule has 0 atom stereocenters. The molecule has 112 valence electrons. The Morgan fingerprint density at radius 2 is 2.19 bits per heavy atom. The van der Waals surface area contributed by atoms with Crippen LogP contribution in [0.3, 0.4) is 0 Å². The monoisotopic (exact) mass is 308 g/mol. The van der Waals surface area contributed by atoms with Crippen LogP contribution in [0.15, 0.2) is 12.1 Å². The number of anilines is 1. The number of methoxy groups -OCH3 is 1. The number of hydrogen-bond acceptors (Lipinski definition) is 5. The molecule has 0 radical (unpaired) electrons. The second-order valence-electron chi connectivity index (χ2n) is 4.60. The van der Waals surface area contributed by atoms with E-state index in [0.717, 1.165) is 26.3 Å². The summed E-state index contributed by atoms with van der Waals surface area (Å²) in [5.41, 5.74) is 7.17. The Kier molecular flexibility index (Phi) is 5.45. The van der Waals surface area contributed by atoms with Gasteiger partial charge in [-0.15, -0.1) is 0 Å². The number of morpholine rings is 1. The zero-order valence-electron chi connectivity index (χ0n) is 11.8. The lowest BCUT2D eigenvalue weighted by Gasteiger charge is -2.24. The number of halogens is 1. The van der Waals surface area contributed by atoms with E-state index in [9.17, 15) is 4.79 Å². The standard InChI is InChI=1S/C15H17ClN2O3/c1-20-15(19)12-9-11(14(17)10-13(12)16)3-2-4-18-5-7-21-8-6-18/h9-10H,4-8,17H2,1H3. The van der Waals surface area contributed by atoms with Crippen molar-refractivity contribution in [3.8, 4) is 11.8 Å². The van der Waals surface area contributed by atoms with E-state index >= 15 is 0 Å². The molecule has 1 saturated heterocycles. The highest BCUT2D eigenvalue weighted by Gasteiger charge is 2.13. The molecule has 21 heavy (non-hydrogen) atoms. The van der Waals surface area contributed by atoms with Gasteiger partial charge in [0.2, 0.25) is 0 Å². The zero-order valence-corrected chi connectivity index (χ0v) is 12.6. The van der Waals surface area contributed by atoms with Crippen LogP contribution in [0.25, 0.3) is 0 Å². The molecular weight excluding hydrogens is 292 g/mol. The lowest BCUT2D eigenvalue weighted by atomic mass is 10.1. The SMILES string of the molecule is COC(=O)c1cc(C#CCN2CCOCC2)c(N)cc1Cl. The summed E-state index contributed by atoms with van der Waals surface area (Å²) in [7, 11) is 1.30. The van der Waals surface area contributed by atoms with E-state index in [-0.39, 0.29) is 10.6 Å². The number of nitrogens with two attached hydrogens (primary N) is 1. The van der Waals surface area contributed by atoms with Crippen molar-refractivity contribution in [1.29, 1.82) is 0 Å². The minimum Gasteiger partial charge on any atom is -0.465 e. The molecule has 0 aliphatic carbocycles. The first-order valence-corrected chi connectivity index (χ1v) is 6.96. The molecule has 1 fully saturated rings. The van der Waals surface area contributed by atoms with Crippen molar-refractivity contribution in [1.82, 2.24) is 4.90 Å². The van der Waals surface area contributed by atoms with Gasteiger partial charge in [-0.2, -0.15) is 0 Å². The summed E-state index contributed by atoms with van der Waals surface area (Å²) < 4.78 is 9.95. The summed E-state index contributed by atoms with van der Waals surface area (Å²) in [6, 6.07) is 3.09. The fraction of sp³-hybridized carbons (Fsp3) is 0.400. The summed E-state index contributed by atoms with van der Waals surface area (Å²) in [6.07, 6.45) is 0. The van der Waals surface area contributed by atoms with E-state index in [0.29, 0.717) is 17.8 Å². The lowest BCUT2D eigenvalue weighted by molar-refractivity contribution is 0.0443. The van der Waals surface area contributed by atoms with Crippen molar-refractivity contribution in [3.05, 3.63) is 28.3 Å². The fourth-order valence-corrected chi connectivity index (χ4v) is 2.22. The predicted molar refractivity (Wildman–Crippen MR) is 81.3 cm³/mol. The zero-order chi connectivity index (χ0) is 15.2. The van der Waals surface area contributed by atoms with Crippen molar-refractivity contribution < 1.29 is 14.3 Å². The van der Waals surface area contributed by atoms with Gasteiger partial charge < -0.3 is 15.2 Å². The van der Waals surface area contributed by atoms with Crippen LogP contribution in [-0.2, 0) is 9.47 Å². The molecule has 1 aliphatic heterocycles. The quantitative estimate of drug-likeness (QED) is 0.508. The first-order chi connectivity index (χ1) is 10.1. The Morgan fingerprint density at radius 3 is 2.86 bits per heavy atom. The van der Waals surface area contributed by atoms with Crippen LogP contribution < -0.4 is 5.73 Å². The van der Waals surface area contributed by atoms with E-state index in [2.05, 4.69) is 21.5 Å². The molecule has 0 amide bonds. The molecule has 6 heteroatoms. The molecule has 5 nitrogen and oxygen atoms in total. The molecule has 0 saturated carbocycles. The first kappa shape index (κ1) is 15.6. The summed E-state index contributed by atoms with van der Waals surface area (Å²) in [5.74, 6) is 5.54. The molecule has 0 spiro atoms. The van der Waals surface area contributed by atoms with Gasteiger partial charge in [-0.05, 0) is 12.1 Å². The minimum absolute atomic E-state index is 0.262. The number of carbonyl (C=O) groups excluding carboxylic acids is 1. The molecule has 0 unspecified atom stereocenters. The number of carbonyl (C=O) groups is 1. The highest BCUT2D eigenvalue weighted by molar-refractivity contribution is 6.34. The lowest BCUT2D eigenvalue weighted by Crippen LogP contribution is -2.36. The van der Waals surface area contributed by atoms with Crippen LogP contribution in [0, 0.1) is 11.8 Å². The topological polar surface area (TPSA) is 64.8 Å². The van der Waals surface area contributed by atoms with Crippen LogP contribution in [0.5, 0.6) is 0 Å². The summed E-state index contributed by atoms with van der Waals surface area (Å²) >= 11 is 5.98. The molecule has 0 bridgehead atoms. The second kappa shape index (κ2) is 7.32. The summed E-state index contributed by atoms with van der Waals surface area (Å²) in [6.45, 7) is 3.85. The van der Waals surface area contributed by atoms with Gasteiger partial charge in [-0.25, -0.2) is 4.79 Å². The maximum absolute atomic E-state index is 11.6. The van der Waals surface area contributed by atoms with Crippen LogP contribution in [0.1, 0.15) is 15.9 Å². The highest BCUT2D eigenvalue weighted by Crippen LogP contribution is 2.23. The average Bonchev–Trinajstić information content (AvgIpc) is 2.49. The molecular formula is C15H17ClN2O3. The third-order valence-corrected chi connectivity index (χ3v) is 3.49. The number of benzene rings is 1. The number of nitrogens with zero attached hydrogens (tertiary/aromatic N) is 1. The number of nitrogen functional groups attached to an aromatic ring is 1. The van der Waals surface area contributed by atoms with Gasteiger partial charge in [-0.3, -0.25) is 4.90 Å². The number of hydrogen-bond donors (Lipinski definition) is 1.